The lowest BCUT2D eigenvalue weighted by atomic mass is 10.00. The van der Waals surface area contributed by atoms with E-state index in [4.69, 9.17) is 11.5 Å². The van der Waals surface area contributed by atoms with Crippen LogP contribution in [0.25, 0.3) is 11.1 Å². The van der Waals surface area contributed by atoms with Crippen LogP contribution in [0.3, 0.4) is 0 Å². The zero-order valence-electron chi connectivity index (χ0n) is 12.5. The van der Waals surface area contributed by atoms with E-state index in [0.29, 0.717) is 0 Å². The van der Waals surface area contributed by atoms with Crippen molar-refractivity contribution in [2.45, 2.75) is 18.9 Å². The Balaban J connectivity index is 1.87. The first kappa shape index (κ1) is 15.7. The molecule has 1 atom stereocenters. The van der Waals surface area contributed by atoms with Gasteiger partial charge in [0.2, 0.25) is 0 Å². The van der Waals surface area contributed by atoms with Gasteiger partial charge in [0.1, 0.15) is 0 Å². The average molecular weight is 283 g/mol. The standard InChI is InChI=1S/C18H25N3/c19-12-4-13-21-14-11-18(20)17-9-7-16(8-10-17)15-5-2-1-3-6-15/h1-3,5-10,18,21H,4,11-14,19-20H2. The summed E-state index contributed by atoms with van der Waals surface area (Å²) in [6.07, 6.45) is 1.95. The van der Waals surface area contributed by atoms with Gasteiger partial charge >= 0.3 is 0 Å². The van der Waals surface area contributed by atoms with Crippen molar-refractivity contribution in [3.63, 3.8) is 0 Å². The third-order valence-electron chi connectivity index (χ3n) is 3.64. The fourth-order valence-electron chi connectivity index (χ4n) is 2.33. The smallest absolute Gasteiger partial charge is 0.0307 e. The summed E-state index contributed by atoms with van der Waals surface area (Å²) in [5.74, 6) is 0. The van der Waals surface area contributed by atoms with Gasteiger partial charge in [-0.15, -0.1) is 0 Å². The molecule has 0 aliphatic rings. The predicted octanol–water partition coefficient (Wildman–Crippen LogP) is 2.68. The second kappa shape index (κ2) is 8.57. The third kappa shape index (κ3) is 4.97. The summed E-state index contributed by atoms with van der Waals surface area (Å²) >= 11 is 0. The molecule has 0 heterocycles. The lowest BCUT2D eigenvalue weighted by molar-refractivity contribution is 0.571. The molecule has 0 aliphatic carbocycles. The Labute approximate surface area is 127 Å². The Morgan fingerprint density at radius 2 is 1.52 bits per heavy atom. The first-order chi connectivity index (χ1) is 10.3. The number of nitrogens with one attached hydrogen (secondary N) is 1. The molecule has 2 aromatic carbocycles. The monoisotopic (exact) mass is 283 g/mol. The zero-order valence-corrected chi connectivity index (χ0v) is 12.5. The van der Waals surface area contributed by atoms with Gasteiger partial charge in [-0.1, -0.05) is 54.6 Å². The molecule has 0 spiro atoms. The van der Waals surface area contributed by atoms with Crippen LogP contribution in [0.5, 0.6) is 0 Å². The summed E-state index contributed by atoms with van der Waals surface area (Å²) in [7, 11) is 0. The van der Waals surface area contributed by atoms with E-state index in [2.05, 4.69) is 53.8 Å². The molecule has 3 nitrogen and oxygen atoms in total. The maximum absolute atomic E-state index is 6.23. The van der Waals surface area contributed by atoms with Crippen molar-refractivity contribution in [3.8, 4) is 11.1 Å². The molecule has 0 amide bonds. The Hall–Kier alpha value is -1.68. The van der Waals surface area contributed by atoms with Gasteiger partial charge in [-0.3, -0.25) is 0 Å². The van der Waals surface area contributed by atoms with E-state index < -0.39 is 0 Å². The lowest BCUT2D eigenvalue weighted by Crippen LogP contribution is -2.23. The van der Waals surface area contributed by atoms with Crippen LogP contribution in [0, 0.1) is 0 Å². The van der Waals surface area contributed by atoms with Crippen LogP contribution in [0.4, 0.5) is 0 Å². The predicted molar refractivity (Wildman–Crippen MR) is 90.0 cm³/mol. The normalized spacial score (nSPS) is 12.3. The van der Waals surface area contributed by atoms with Crippen LogP contribution in [-0.2, 0) is 0 Å². The van der Waals surface area contributed by atoms with Crippen molar-refractivity contribution in [3.05, 3.63) is 60.2 Å². The van der Waals surface area contributed by atoms with E-state index in [0.717, 1.165) is 32.5 Å². The van der Waals surface area contributed by atoms with Crippen LogP contribution >= 0.6 is 0 Å². The van der Waals surface area contributed by atoms with Gasteiger partial charge in [0.05, 0.1) is 0 Å². The number of rotatable bonds is 8. The molecule has 0 saturated carbocycles. The summed E-state index contributed by atoms with van der Waals surface area (Å²) < 4.78 is 0. The maximum Gasteiger partial charge on any atom is 0.0307 e. The van der Waals surface area contributed by atoms with Crippen molar-refractivity contribution in [1.29, 1.82) is 0 Å². The summed E-state index contributed by atoms with van der Waals surface area (Å²) in [6, 6.07) is 19.0. The first-order valence-corrected chi connectivity index (χ1v) is 7.63. The average Bonchev–Trinajstić information content (AvgIpc) is 2.55. The third-order valence-corrected chi connectivity index (χ3v) is 3.64. The van der Waals surface area contributed by atoms with Gasteiger partial charge in [0.15, 0.2) is 0 Å². The van der Waals surface area contributed by atoms with Crippen LogP contribution in [0.2, 0.25) is 0 Å². The van der Waals surface area contributed by atoms with Crippen LogP contribution in [0.15, 0.2) is 54.6 Å². The van der Waals surface area contributed by atoms with Gasteiger partial charge in [0.25, 0.3) is 0 Å². The number of nitrogens with two attached hydrogens (primary N) is 2. The SMILES string of the molecule is NCCCNCCC(N)c1ccc(-c2ccccc2)cc1. The highest BCUT2D eigenvalue weighted by molar-refractivity contribution is 5.63. The molecule has 0 saturated heterocycles. The second-order valence-corrected chi connectivity index (χ2v) is 5.28. The molecule has 0 fully saturated rings. The minimum absolute atomic E-state index is 0.0835. The summed E-state index contributed by atoms with van der Waals surface area (Å²) in [5.41, 5.74) is 15.3. The maximum atomic E-state index is 6.23. The van der Waals surface area contributed by atoms with Crippen molar-refractivity contribution in [2.24, 2.45) is 11.5 Å². The van der Waals surface area contributed by atoms with Gasteiger partial charge < -0.3 is 16.8 Å². The van der Waals surface area contributed by atoms with E-state index >= 15 is 0 Å². The summed E-state index contributed by atoms with van der Waals surface area (Å²) in [4.78, 5) is 0. The molecule has 2 aromatic rings. The number of hydrogen-bond donors (Lipinski definition) is 3. The topological polar surface area (TPSA) is 64.1 Å². The molecule has 0 bridgehead atoms. The lowest BCUT2D eigenvalue weighted by Gasteiger charge is -2.13. The Bertz CT molecular complexity index is 508. The Morgan fingerprint density at radius 1 is 0.857 bits per heavy atom. The van der Waals surface area contributed by atoms with Crippen LogP contribution < -0.4 is 16.8 Å². The molecular weight excluding hydrogens is 258 g/mol. The fraction of sp³-hybridized carbons (Fsp3) is 0.333. The highest BCUT2D eigenvalue weighted by Crippen LogP contribution is 2.21. The molecule has 112 valence electrons. The van der Waals surface area contributed by atoms with Crippen LogP contribution in [-0.4, -0.2) is 19.6 Å². The van der Waals surface area contributed by atoms with Crippen molar-refractivity contribution >= 4 is 0 Å². The zero-order chi connectivity index (χ0) is 14.9. The largest absolute Gasteiger partial charge is 0.330 e. The van der Waals surface area contributed by atoms with Gasteiger partial charge in [-0.2, -0.15) is 0 Å². The van der Waals surface area contributed by atoms with Crippen molar-refractivity contribution in [1.82, 2.24) is 5.32 Å². The Morgan fingerprint density at radius 3 is 2.19 bits per heavy atom. The molecule has 0 radical (unpaired) electrons. The van der Waals surface area contributed by atoms with E-state index in [-0.39, 0.29) is 6.04 Å². The molecule has 5 N–H and O–H groups in total. The minimum Gasteiger partial charge on any atom is -0.330 e. The minimum atomic E-state index is 0.0835. The van der Waals surface area contributed by atoms with Crippen molar-refractivity contribution in [2.75, 3.05) is 19.6 Å². The summed E-state index contributed by atoms with van der Waals surface area (Å²) in [6.45, 7) is 2.64. The van der Waals surface area contributed by atoms with Crippen LogP contribution in [0.1, 0.15) is 24.4 Å². The molecule has 0 aliphatic heterocycles. The summed E-state index contributed by atoms with van der Waals surface area (Å²) in [5, 5.41) is 3.36. The van der Waals surface area contributed by atoms with Crippen molar-refractivity contribution < 1.29 is 0 Å². The number of hydrogen-bond acceptors (Lipinski definition) is 3. The molecule has 0 aromatic heterocycles. The molecule has 21 heavy (non-hydrogen) atoms. The Kier molecular flexibility index (Phi) is 6.41. The van der Waals surface area contributed by atoms with E-state index in [1.54, 1.807) is 0 Å². The highest BCUT2D eigenvalue weighted by Gasteiger charge is 2.06. The quantitative estimate of drug-likeness (QED) is 0.653. The first-order valence-electron chi connectivity index (χ1n) is 7.63. The van der Waals surface area contributed by atoms with E-state index in [1.807, 2.05) is 6.07 Å². The second-order valence-electron chi connectivity index (χ2n) is 5.28. The van der Waals surface area contributed by atoms with E-state index in [9.17, 15) is 0 Å². The molecule has 2 rings (SSSR count). The fourth-order valence-corrected chi connectivity index (χ4v) is 2.33. The molecular formula is C18H25N3. The molecule has 3 heteroatoms. The highest BCUT2D eigenvalue weighted by atomic mass is 14.9. The van der Waals surface area contributed by atoms with E-state index in [1.165, 1.54) is 16.7 Å². The molecule has 1 unspecified atom stereocenters. The van der Waals surface area contributed by atoms with Gasteiger partial charge in [-0.25, -0.2) is 0 Å². The van der Waals surface area contributed by atoms with Gasteiger partial charge in [-0.05, 0) is 49.2 Å². The van der Waals surface area contributed by atoms with Gasteiger partial charge in [0, 0.05) is 6.04 Å². The number of benzene rings is 2.